The number of aliphatic hydroxyl groups excluding tert-OH is 3. The van der Waals surface area contributed by atoms with Crippen LogP contribution in [0.3, 0.4) is 0 Å². The van der Waals surface area contributed by atoms with Gasteiger partial charge in [0, 0.05) is 46.8 Å². The van der Waals surface area contributed by atoms with Gasteiger partial charge in [0.25, 0.3) is 0 Å². The average molecular weight is 783 g/mol. The molecular weight excluding hydrogens is 729 g/mol. The minimum Gasteiger partial charge on any atom is -0.508 e. The largest absolute Gasteiger partial charge is 0.508 e. The molecule has 3 fully saturated rings. The van der Waals surface area contributed by atoms with E-state index in [4.69, 9.17) is 5.73 Å². The molecule has 55 heavy (non-hydrogen) atoms. The first-order valence-corrected chi connectivity index (χ1v) is 21.4. The van der Waals surface area contributed by atoms with E-state index >= 15 is 0 Å². The number of rotatable bonds is 9. The Morgan fingerprint density at radius 3 is 2.58 bits per heavy atom. The molecule has 0 amide bonds. The van der Waals surface area contributed by atoms with E-state index in [1.165, 1.54) is 0 Å². The van der Waals surface area contributed by atoms with E-state index in [9.17, 15) is 25.2 Å². The highest BCUT2D eigenvalue weighted by atomic mass is 32.1. The van der Waals surface area contributed by atoms with Crippen LogP contribution >= 0.6 is 22.7 Å². The second kappa shape index (κ2) is 16.3. The predicted molar refractivity (Wildman–Crippen MR) is 221 cm³/mol. The van der Waals surface area contributed by atoms with Crippen LogP contribution in [0.1, 0.15) is 97.3 Å². The zero-order valence-electron chi connectivity index (χ0n) is 32.0. The molecule has 1 aromatic carbocycles. The summed E-state index contributed by atoms with van der Waals surface area (Å²) in [4.78, 5) is 23.1. The van der Waals surface area contributed by atoms with Crippen LogP contribution in [0.2, 0.25) is 0 Å². The molecule has 3 aromatic rings. The van der Waals surface area contributed by atoms with Crippen LogP contribution in [0.25, 0.3) is 9.75 Å². The Morgan fingerprint density at radius 2 is 1.85 bits per heavy atom. The molecule has 7 rings (SSSR count). The number of carbonyl (C=O) groups excluding carboxylic acids is 1. The summed E-state index contributed by atoms with van der Waals surface area (Å²) in [6, 6.07) is 11.4. The number of aliphatic hydroxyl groups is 3. The van der Waals surface area contributed by atoms with Gasteiger partial charge in [0.2, 0.25) is 0 Å². The van der Waals surface area contributed by atoms with E-state index in [0.29, 0.717) is 37.5 Å². The number of nitrogens with two attached hydrogens (primary N) is 1. The number of benzene rings is 1. The van der Waals surface area contributed by atoms with Gasteiger partial charge >= 0.3 is 0 Å². The van der Waals surface area contributed by atoms with Crippen LogP contribution in [0.4, 0.5) is 5.69 Å². The summed E-state index contributed by atoms with van der Waals surface area (Å²) in [5.41, 5.74) is 7.88. The molecule has 2 heterocycles. The highest BCUT2D eigenvalue weighted by Gasteiger charge is 2.60. The maximum atomic E-state index is 15.0. The molecule has 2 aromatic heterocycles. The number of phenols is 1. The fourth-order valence-corrected chi connectivity index (χ4v) is 12.5. The van der Waals surface area contributed by atoms with Crippen molar-refractivity contribution < 1.29 is 25.2 Å². The van der Waals surface area contributed by atoms with Crippen LogP contribution in [0.15, 0.2) is 41.4 Å². The summed E-state index contributed by atoms with van der Waals surface area (Å²) < 4.78 is 0. The quantitative estimate of drug-likeness (QED) is 0.0570. The van der Waals surface area contributed by atoms with Gasteiger partial charge in [-0.1, -0.05) is 30.6 Å². The van der Waals surface area contributed by atoms with Crippen molar-refractivity contribution >= 4 is 40.1 Å². The van der Waals surface area contributed by atoms with Gasteiger partial charge in [-0.3, -0.25) is 9.79 Å². The Hall–Kier alpha value is -3.84. The topological polar surface area (TPSA) is 160 Å². The van der Waals surface area contributed by atoms with Crippen molar-refractivity contribution in [3.05, 3.63) is 57.3 Å². The third-order valence-corrected chi connectivity index (χ3v) is 15.3. The highest BCUT2D eigenvalue weighted by molar-refractivity contribution is 7.23. The molecule has 292 valence electrons. The summed E-state index contributed by atoms with van der Waals surface area (Å²) in [7, 11) is 1.66. The summed E-state index contributed by atoms with van der Waals surface area (Å²) in [5.74, 6) is 13.7. The number of ketones is 1. The summed E-state index contributed by atoms with van der Waals surface area (Å²) in [6.07, 6.45) is 6.39. The van der Waals surface area contributed by atoms with Crippen molar-refractivity contribution in [1.29, 1.82) is 0 Å². The lowest BCUT2D eigenvalue weighted by Crippen LogP contribution is -2.50. The number of hydrogen-bond donors (Lipinski definition) is 7. The number of thiophene rings is 2. The number of aromatic hydroxyl groups is 1. The van der Waals surface area contributed by atoms with Crippen molar-refractivity contribution in [2.75, 3.05) is 25.5 Å². The molecule has 0 saturated heterocycles. The molecule has 0 aliphatic heterocycles. The third-order valence-electron chi connectivity index (χ3n) is 13.0. The molecule has 0 unspecified atom stereocenters. The normalized spacial score (nSPS) is 28.0. The number of guanidine groups is 1. The molecule has 0 radical (unpaired) electrons. The standard InChI is InChI=1S/C44H54N4O5S2/c1-4-7-30-9-11-38(54-30)39-12-13-40(55-39)41(53)33-10-8-27-21-44(33)22-32(37(52)25-49)34(23-44)43(15-5-6-16-43)17-14-31-28(19-35(27)48-42(45)46-3)18-29(51)20-36(31)47-24-26(2)50/h9,11-13,18,20,26-27,32-35,37,47,49-52H,5-6,8,10,15-16,19,21-25H2,1-3H3,(H3,45,46,48)/t26-,27-,32+,33+,34+,35-,37+,44+/m0/s1. The number of fused-ring (bicyclic) bond motifs is 4. The first kappa shape index (κ1) is 39.4. The number of phenolic OH excluding ortho intramolecular Hbond substituents is 1. The number of carbonyl (C=O) groups is 1. The molecule has 4 aliphatic rings. The van der Waals surface area contributed by atoms with Crippen molar-refractivity contribution in [2.45, 2.75) is 96.3 Å². The second-order valence-electron chi connectivity index (χ2n) is 16.4. The van der Waals surface area contributed by atoms with Gasteiger partial charge in [-0.15, -0.1) is 28.6 Å². The minimum atomic E-state index is -0.929. The Labute approximate surface area is 332 Å². The van der Waals surface area contributed by atoms with E-state index in [-0.39, 0.29) is 47.9 Å². The van der Waals surface area contributed by atoms with Gasteiger partial charge in [-0.05, 0) is 124 Å². The van der Waals surface area contributed by atoms with E-state index in [0.717, 1.165) is 75.6 Å². The van der Waals surface area contributed by atoms with E-state index in [2.05, 4.69) is 51.4 Å². The van der Waals surface area contributed by atoms with E-state index < -0.39 is 23.0 Å². The van der Waals surface area contributed by atoms with Crippen molar-refractivity contribution in [1.82, 2.24) is 5.32 Å². The second-order valence-corrected chi connectivity index (χ2v) is 18.6. The van der Waals surface area contributed by atoms with Gasteiger partial charge in [-0.25, -0.2) is 0 Å². The van der Waals surface area contributed by atoms with Crippen LogP contribution < -0.4 is 16.4 Å². The van der Waals surface area contributed by atoms with Crippen LogP contribution in [0, 0.1) is 58.2 Å². The fourth-order valence-electron chi connectivity index (χ4n) is 10.5. The predicted octanol–water partition coefficient (Wildman–Crippen LogP) is 6.38. The number of nitrogens with zero attached hydrogens (tertiary/aromatic N) is 1. The SMILES string of the molecule is CC#Cc1ccc(-c2ccc(C(=O)[C@H]3CC[C@H]4C[C@]35C[C@@H]([C@H](O)CO)[C@@H](C5)C3(C#Cc5c(cc(O)cc5NC[C@H](C)O)C[C@@H]4NC(N)=NC)CCCC3)s2)s1. The van der Waals surface area contributed by atoms with E-state index in [1.54, 1.807) is 48.8 Å². The monoisotopic (exact) mass is 782 g/mol. The first-order valence-electron chi connectivity index (χ1n) is 19.7. The zero-order chi connectivity index (χ0) is 38.9. The number of hydrogen-bond acceptors (Lipinski definition) is 9. The lowest BCUT2D eigenvalue weighted by molar-refractivity contribution is 0.00632. The van der Waals surface area contributed by atoms with Crippen molar-refractivity contribution in [3.8, 4) is 39.2 Å². The fraction of sp³-hybridized carbons (Fsp3) is 0.545. The van der Waals surface area contributed by atoms with E-state index in [1.807, 2.05) is 19.1 Å². The highest BCUT2D eigenvalue weighted by Crippen LogP contribution is 2.65. The number of Topliss-reactive ketones (excluding diaryl/α,β-unsaturated/α-hetero) is 1. The molecule has 9 nitrogen and oxygen atoms in total. The maximum Gasteiger partial charge on any atom is 0.188 e. The molecule has 2 spiro atoms. The Morgan fingerprint density at radius 1 is 1.09 bits per heavy atom. The average Bonchev–Trinajstić information content (AvgIpc) is 4.00. The molecule has 3 saturated carbocycles. The molecule has 11 heteroatoms. The van der Waals surface area contributed by atoms with Gasteiger partial charge < -0.3 is 36.8 Å². The number of nitrogens with one attached hydrogen (secondary N) is 2. The van der Waals surface area contributed by atoms with Crippen molar-refractivity contribution in [3.63, 3.8) is 0 Å². The van der Waals surface area contributed by atoms with Crippen LogP contribution in [-0.2, 0) is 6.42 Å². The molecule has 3 bridgehead atoms. The van der Waals surface area contributed by atoms with Gasteiger partial charge in [-0.2, -0.15) is 0 Å². The van der Waals surface area contributed by atoms with Gasteiger partial charge in [0.05, 0.1) is 39.8 Å². The lowest BCUT2D eigenvalue weighted by Gasteiger charge is -2.47. The third kappa shape index (κ3) is 7.93. The maximum absolute atomic E-state index is 15.0. The molecular formula is C44H54N4O5S2. The molecule has 8 N–H and O–H groups in total. The molecule has 8 atom stereocenters. The minimum absolute atomic E-state index is 0.0237. The smallest absolute Gasteiger partial charge is 0.188 e. The first-order chi connectivity index (χ1) is 26.5. The van der Waals surface area contributed by atoms with Crippen LogP contribution in [0.5, 0.6) is 5.75 Å². The number of anilines is 1. The van der Waals surface area contributed by atoms with Crippen LogP contribution in [-0.4, -0.2) is 70.6 Å². The number of aliphatic imine (C=N–C) groups is 1. The summed E-state index contributed by atoms with van der Waals surface area (Å²) in [6.45, 7) is 3.50. The summed E-state index contributed by atoms with van der Waals surface area (Å²) in [5, 5.41) is 50.2. The van der Waals surface area contributed by atoms with Crippen molar-refractivity contribution in [2.24, 2.45) is 45.2 Å². The summed E-state index contributed by atoms with van der Waals surface area (Å²) >= 11 is 3.19. The lowest BCUT2D eigenvalue weighted by atomic mass is 9.57. The zero-order valence-corrected chi connectivity index (χ0v) is 33.7. The Kier molecular flexibility index (Phi) is 11.7. The van der Waals surface area contributed by atoms with Gasteiger partial charge in [0.1, 0.15) is 5.75 Å². The molecule has 4 aliphatic carbocycles. The Bertz CT molecular complexity index is 2040. The van der Waals surface area contributed by atoms with Gasteiger partial charge in [0.15, 0.2) is 11.7 Å². The Balaban J connectivity index is 1.35.